The fraction of sp³-hybridized carbons (Fsp3) is 0.200. The average Bonchev–Trinajstić information content (AvgIpc) is 2.60. The van der Waals surface area contributed by atoms with Crippen molar-refractivity contribution >= 4 is 12.7 Å². The zero-order chi connectivity index (χ0) is 16.2. The Kier molecular flexibility index (Phi) is 4.38. The highest BCUT2D eigenvalue weighted by Crippen LogP contribution is 2.33. The van der Waals surface area contributed by atoms with Gasteiger partial charge in [0.1, 0.15) is 19.0 Å². The maximum Gasteiger partial charge on any atom is 0.161 e. The van der Waals surface area contributed by atoms with E-state index in [1.807, 2.05) is 37.3 Å². The number of hydrogen-bond donors (Lipinski definition) is 0. The van der Waals surface area contributed by atoms with Crippen molar-refractivity contribution in [3.63, 3.8) is 0 Å². The van der Waals surface area contributed by atoms with Crippen molar-refractivity contribution in [3.8, 4) is 22.6 Å². The Morgan fingerprint density at radius 1 is 1.04 bits per heavy atom. The number of allylic oxidation sites excluding steroid dienone is 2. The van der Waals surface area contributed by atoms with Gasteiger partial charge in [-0.05, 0) is 58.8 Å². The molecule has 0 radical (unpaired) electrons. The summed E-state index contributed by atoms with van der Waals surface area (Å²) in [7, 11) is 1.66. The first-order valence-corrected chi connectivity index (χ1v) is 7.62. The molecule has 2 aromatic carbocycles. The highest BCUT2D eigenvalue weighted by molar-refractivity contribution is 5.67. The maximum absolute atomic E-state index is 5.65. The number of fused-ring (bicyclic) bond motifs is 1. The molecule has 23 heavy (non-hydrogen) atoms. The van der Waals surface area contributed by atoms with Gasteiger partial charge >= 0.3 is 0 Å². The van der Waals surface area contributed by atoms with Crippen LogP contribution >= 0.6 is 0 Å². The largest absolute Gasteiger partial charge is 0.497 e. The van der Waals surface area contributed by atoms with Crippen molar-refractivity contribution in [1.29, 1.82) is 0 Å². The third-order valence-electron chi connectivity index (χ3n) is 3.84. The Morgan fingerprint density at radius 3 is 2.43 bits per heavy atom. The highest BCUT2D eigenvalue weighted by Gasteiger charge is 2.12. The van der Waals surface area contributed by atoms with Crippen LogP contribution in [0.1, 0.15) is 6.92 Å². The Morgan fingerprint density at radius 2 is 1.74 bits per heavy atom. The summed E-state index contributed by atoms with van der Waals surface area (Å²) in [6.45, 7) is 7.29. The summed E-state index contributed by atoms with van der Waals surface area (Å²) in [4.78, 5) is 0. The summed E-state index contributed by atoms with van der Waals surface area (Å²) in [6, 6.07) is 12.2. The first kappa shape index (κ1) is 15.2. The van der Waals surface area contributed by atoms with E-state index in [2.05, 4.69) is 24.8 Å². The Labute approximate surface area is 136 Å². The van der Waals surface area contributed by atoms with Gasteiger partial charge in [-0.3, -0.25) is 0 Å². The summed E-state index contributed by atoms with van der Waals surface area (Å²) in [5, 5.41) is 2.00. The lowest BCUT2D eigenvalue weighted by Crippen LogP contribution is -2.23. The zero-order valence-corrected chi connectivity index (χ0v) is 13.5. The van der Waals surface area contributed by atoms with Gasteiger partial charge in [-0.1, -0.05) is 24.8 Å². The van der Waals surface area contributed by atoms with Gasteiger partial charge in [0, 0.05) is 0 Å². The lowest BCUT2D eigenvalue weighted by atomic mass is 10.0. The van der Waals surface area contributed by atoms with E-state index in [4.69, 9.17) is 14.2 Å². The Hall–Kier alpha value is -2.68. The molecule has 2 aromatic rings. The van der Waals surface area contributed by atoms with Crippen LogP contribution in [0.2, 0.25) is 0 Å². The lowest BCUT2D eigenvalue weighted by molar-refractivity contribution is 0.171. The van der Waals surface area contributed by atoms with Crippen molar-refractivity contribution in [2.75, 3.05) is 20.3 Å². The van der Waals surface area contributed by atoms with Gasteiger partial charge < -0.3 is 14.2 Å². The first-order valence-electron chi connectivity index (χ1n) is 7.62. The van der Waals surface area contributed by atoms with E-state index in [9.17, 15) is 0 Å². The quantitative estimate of drug-likeness (QED) is 0.816. The third kappa shape index (κ3) is 3.24. The number of rotatable bonds is 3. The molecule has 0 saturated carbocycles. The monoisotopic (exact) mass is 308 g/mol. The normalized spacial score (nSPS) is 14.7. The van der Waals surface area contributed by atoms with E-state index in [0.717, 1.165) is 38.8 Å². The molecular formula is C20H20O3. The number of hydrogen-bond acceptors (Lipinski definition) is 3. The van der Waals surface area contributed by atoms with Crippen molar-refractivity contribution in [1.82, 2.24) is 0 Å². The van der Waals surface area contributed by atoms with Crippen LogP contribution in [0.3, 0.4) is 0 Å². The van der Waals surface area contributed by atoms with Crippen LogP contribution in [0.4, 0.5) is 0 Å². The average molecular weight is 308 g/mol. The van der Waals surface area contributed by atoms with Crippen LogP contribution in [-0.2, 0) is 4.74 Å². The number of methoxy groups -OCH3 is 1. The topological polar surface area (TPSA) is 27.7 Å². The van der Waals surface area contributed by atoms with Crippen molar-refractivity contribution in [2.24, 2.45) is 0 Å². The molecule has 0 atom stereocenters. The minimum atomic E-state index is 0.591. The van der Waals surface area contributed by atoms with Crippen LogP contribution in [0.25, 0.3) is 23.8 Å². The molecular weight excluding hydrogens is 288 g/mol. The second-order valence-electron chi connectivity index (χ2n) is 5.31. The molecule has 3 rings (SSSR count). The molecule has 3 nitrogen and oxygen atoms in total. The van der Waals surface area contributed by atoms with E-state index in [-0.39, 0.29) is 0 Å². The lowest BCUT2D eigenvalue weighted by Gasteiger charge is -2.18. The molecule has 0 unspecified atom stereocenters. The molecule has 1 aliphatic heterocycles. The van der Waals surface area contributed by atoms with E-state index in [1.54, 1.807) is 7.11 Å². The molecule has 0 fully saturated rings. The van der Waals surface area contributed by atoms with Crippen molar-refractivity contribution in [2.45, 2.75) is 6.92 Å². The molecule has 1 aliphatic rings. The molecule has 0 N–H and O–H groups in total. The fourth-order valence-electron chi connectivity index (χ4n) is 2.56. The van der Waals surface area contributed by atoms with Gasteiger partial charge in [-0.15, -0.1) is 0 Å². The fourth-order valence-corrected chi connectivity index (χ4v) is 2.56. The molecule has 0 saturated heterocycles. The number of ether oxygens (including phenoxy) is 3. The second kappa shape index (κ2) is 6.61. The molecule has 0 aliphatic carbocycles. The maximum atomic E-state index is 5.65. The summed E-state index contributed by atoms with van der Waals surface area (Å²) in [6.07, 6.45) is 3.91. The summed E-state index contributed by atoms with van der Waals surface area (Å²) in [5.41, 5.74) is 2.19. The van der Waals surface area contributed by atoms with Gasteiger partial charge in [0.25, 0.3) is 0 Å². The summed E-state index contributed by atoms with van der Waals surface area (Å²) < 4.78 is 16.5. The molecule has 0 aromatic heterocycles. The van der Waals surface area contributed by atoms with Crippen LogP contribution in [0.15, 0.2) is 48.2 Å². The van der Waals surface area contributed by atoms with E-state index < -0.39 is 0 Å². The SMILES string of the molecule is C=c1cc(-c2ccc3c(c2)OCCO3)cc/c1=C/C(=C\C)OC. The van der Waals surface area contributed by atoms with Crippen LogP contribution < -0.4 is 19.9 Å². The van der Waals surface area contributed by atoms with Crippen molar-refractivity contribution < 1.29 is 14.2 Å². The minimum Gasteiger partial charge on any atom is -0.497 e. The van der Waals surface area contributed by atoms with E-state index in [0.29, 0.717) is 13.2 Å². The zero-order valence-electron chi connectivity index (χ0n) is 13.5. The molecule has 0 bridgehead atoms. The van der Waals surface area contributed by atoms with E-state index in [1.165, 1.54) is 0 Å². The molecule has 0 spiro atoms. The van der Waals surface area contributed by atoms with Crippen molar-refractivity contribution in [3.05, 3.63) is 58.7 Å². The number of benzene rings is 2. The predicted octanol–water partition coefficient (Wildman–Crippen LogP) is 2.87. The summed E-state index contributed by atoms with van der Waals surface area (Å²) in [5.74, 6) is 2.42. The van der Waals surface area contributed by atoms with Gasteiger partial charge in [0.2, 0.25) is 0 Å². The molecule has 1 heterocycles. The van der Waals surface area contributed by atoms with E-state index >= 15 is 0 Å². The summed E-state index contributed by atoms with van der Waals surface area (Å²) >= 11 is 0. The molecule has 118 valence electrons. The second-order valence-corrected chi connectivity index (χ2v) is 5.31. The van der Waals surface area contributed by atoms with Gasteiger partial charge in [0.15, 0.2) is 11.5 Å². The smallest absolute Gasteiger partial charge is 0.161 e. The standard InChI is InChI=1S/C20H20O3/c1-4-18(21-3)12-15-5-6-16(11-14(15)2)17-7-8-19-20(13-17)23-10-9-22-19/h4-8,11-13H,2,9-10H2,1,3H3/b15-12-,18-4+. The third-order valence-corrected chi connectivity index (χ3v) is 3.84. The Balaban J connectivity index is 1.99. The minimum absolute atomic E-state index is 0.591. The Bertz CT molecular complexity index is 850. The first-order chi connectivity index (χ1) is 11.2. The van der Waals surface area contributed by atoms with Gasteiger partial charge in [-0.2, -0.15) is 0 Å². The van der Waals surface area contributed by atoms with Crippen LogP contribution in [0, 0.1) is 0 Å². The molecule has 0 amide bonds. The van der Waals surface area contributed by atoms with Crippen LogP contribution in [-0.4, -0.2) is 20.3 Å². The predicted molar refractivity (Wildman–Crippen MR) is 92.9 cm³/mol. The van der Waals surface area contributed by atoms with Gasteiger partial charge in [-0.25, -0.2) is 0 Å². The van der Waals surface area contributed by atoms with Gasteiger partial charge in [0.05, 0.1) is 7.11 Å². The highest BCUT2D eigenvalue weighted by atomic mass is 16.6. The van der Waals surface area contributed by atoms with Crippen LogP contribution in [0.5, 0.6) is 11.5 Å². The molecule has 3 heteroatoms.